The highest BCUT2D eigenvalue weighted by Gasteiger charge is 2.18. The Balaban J connectivity index is 1.29. The van der Waals surface area contributed by atoms with Gasteiger partial charge in [-0.25, -0.2) is 9.48 Å². The Labute approximate surface area is 169 Å². The van der Waals surface area contributed by atoms with Crippen LogP contribution in [-0.2, 0) is 13.1 Å². The molecule has 0 spiro atoms. The number of ether oxygens (including phenoxy) is 2. The van der Waals surface area contributed by atoms with Gasteiger partial charge < -0.3 is 9.47 Å². The van der Waals surface area contributed by atoms with Crippen LogP contribution in [0.4, 0.5) is 0 Å². The summed E-state index contributed by atoms with van der Waals surface area (Å²) in [6.45, 7) is 6.28. The van der Waals surface area contributed by atoms with Gasteiger partial charge in [-0.3, -0.25) is 14.2 Å². The second kappa shape index (κ2) is 8.67. The van der Waals surface area contributed by atoms with Crippen molar-refractivity contribution in [1.82, 2.24) is 24.0 Å². The fourth-order valence-electron chi connectivity index (χ4n) is 3.76. The lowest BCUT2D eigenvalue weighted by molar-refractivity contribution is 0.122. The molecular formula is C21H27N5O3. The minimum atomic E-state index is -0.0762. The molecule has 1 aliphatic rings. The van der Waals surface area contributed by atoms with E-state index >= 15 is 0 Å². The third-order valence-electron chi connectivity index (χ3n) is 5.44. The van der Waals surface area contributed by atoms with Crippen LogP contribution in [0.5, 0.6) is 11.5 Å². The van der Waals surface area contributed by atoms with Crippen molar-refractivity contribution < 1.29 is 9.47 Å². The molecule has 0 bridgehead atoms. The molecule has 0 atom stereocenters. The first-order chi connectivity index (χ1) is 14.2. The van der Waals surface area contributed by atoms with Crippen molar-refractivity contribution in [2.75, 3.05) is 46.9 Å². The third-order valence-corrected chi connectivity index (χ3v) is 5.44. The zero-order valence-corrected chi connectivity index (χ0v) is 17.0. The van der Waals surface area contributed by atoms with Crippen molar-refractivity contribution in [3.63, 3.8) is 0 Å². The molecule has 0 saturated carbocycles. The zero-order chi connectivity index (χ0) is 20.2. The first kappa shape index (κ1) is 19.5. The molecule has 0 radical (unpaired) electrons. The second-order valence-electron chi connectivity index (χ2n) is 7.24. The van der Waals surface area contributed by atoms with E-state index in [9.17, 15) is 4.79 Å². The summed E-state index contributed by atoms with van der Waals surface area (Å²) >= 11 is 0. The number of hydrogen-bond acceptors (Lipinski definition) is 6. The van der Waals surface area contributed by atoms with Gasteiger partial charge in [0.05, 0.1) is 20.8 Å². The van der Waals surface area contributed by atoms with Gasteiger partial charge in [-0.1, -0.05) is 12.1 Å². The summed E-state index contributed by atoms with van der Waals surface area (Å²) in [6.07, 6.45) is 1.76. The highest BCUT2D eigenvalue weighted by atomic mass is 16.5. The van der Waals surface area contributed by atoms with Crippen LogP contribution in [0.2, 0.25) is 0 Å². The molecule has 8 heteroatoms. The quantitative estimate of drug-likeness (QED) is 0.599. The molecule has 8 nitrogen and oxygen atoms in total. The monoisotopic (exact) mass is 397 g/mol. The third kappa shape index (κ3) is 4.28. The SMILES string of the molecule is COc1ccc(CN2CCN(CCn3nc4ccccn4c3=O)CC2)cc1OC. The number of piperazine rings is 1. The molecule has 2 aromatic heterocycles. The Kier molecular flexibility index (Phi) is 5.82. The number of hydrogen-bond donors (Lipinski definition) is 0. The van der Waals surface area contributed by atoms with Gasteiger partial charge in [-0.05, 0) is 29.8 Å². The van der Waals surface area contributed by atoms with Gasteiger partial charge in [0.2, 0.25) is 0 Å². The first-order valence-corrected chi connectivity index (χ1v) is 9.88. The normalized spacial score (nSPS) is 15.7. The van der Waals surface area contributed by atoms with Crippen molar-refractivity contribution in [3.8, 4) is 11.5 Å². The number of fused-ring (bicyclic) bond motifs is 1. The van der Waals surface area contributed by atoms with E-state index in [1.165, 1.54) is 5.56 Å². The molecule has 0 unspecified atom stereocenters. The molecule has 0 aliphatic carbocycles. The molecule has 0 N–H and O–H groups in total. The van der Waals surface area contributed by atoms with Crippen LogP contribution in [0.15, 0.2) is 47.4 Å². The van der Waals surface area contributed by atoms with Gasteiger partial charge in [0.1, 0.15) is 0 Å². The molecule has 3 heterocycles. The standard InChI is InChI=1S/C21H27N5O3/c1-28-18-7-6-17(15-19(18)29-2)16-24-11-9-23(10-12-24)13-14-26-21(27)25-8-4-3-5-20(25)22-26/h3-8,15H,9-14,16H2,1-2H3. The second-order valence-corrected chi connectivity index (χ2v) is 7.24. The van der Waals surface area contributed by atoms with E-state index in [2.05, 4.69) is 21.0 Å². The van der Waals surface area contributed by atoms with Gasteiger partial charge in [0, 0.05) is 45.5 Å². The summed E-state index contributed by atoms with van der Waals surface area (Å²) in [4.78, 5) is 17.2. The van der Waals surface area contributed by atoms with Gasteiger partial charge in [-0.2, -0.15) is 0 Å². The number of aromatic nitrogens is 3. The van der Waals surface area contributed by atoms with Crippen LogP contribution in [0.3, 0.4) is 0 Å². The molecule has 1 aromatic carbocycles. The van der Waals surface area contributed by atoms with E-state index in [1.54, 1.807) is 29.5 Å². The lowest BCUT2D eigenvalue weighted by Gasteiger charge is -2.34. The zero-order valence-electron chi connectivity index (χ0n) is 17.0. The van der Waals surface area contributed by atoms with E-state index < -0.39 is 0 Å². The van der Waals surface area contributed by atoms with E-state index in [4.69, 9.17) is 9.47 Å². The van der Waals surface area contributed by atoms with Crippen LogP contribution in [-0.4, -0.2) is 70.9 Å². The lowest BCUT2D eigenvalue weighted by atomic mass is 10.1. The Morgan fingerprint density at radius 3 is 2.41 bits per heavy atom. The molecule has 1 fully saturated rings. The van der Waals surface area contributed by atoms with Crippen LogP contribution < -0.4 is 15.2 Å². The maximum atomic E-state index is 12.4. The summed E-state index contributed by atoms with van der Waals surface area (Å²) in [5, 5.41) is 4.41. The molecule has 1 saturated heterocycles. The van der Waals surface area contributed by atoms with Crippen molar-refractivity contribution in [3.05, 3.63) is 58.6 Å². The van der Waals surface area contributed by atoms with Crippen LogP contribution in [0.1, 0.15) is 5.56 Å². The highest BCUT2D eigenvalue weighted by Crippen LogP contribution is 2.28. The van der Waals surface area contributed by atoms with E-state index in [1.807, 2.05) is 30.3 Å². The summed E-state index contributed by atoms with van der Waals surface area (Å²) in [7, 11) is 3.31. The van der Waals surface area contributed by atoms with Crippen LogP contribution in [0, 0.1) is 0 Å². The predicted octanol–water partition coefficient (Wildman–Crippen LogP) is 1.33. The van der Waals surface area contributed by atoms with Crippen molar-refractivity contribution in [2.45, 2.75) is 13.1 Å². The van der Waals surface area contributed by atoms with Gasteiger partial charge in [0.25, 0.3) is 0 Å². The predicted molar refractivity (Wildman–Crippen MR) is 111 cm³/mol. The Morgan fingerprint density at radius 2 is 1.69 bits per heavy atom. The number of pyridine rings is 1. The van der Waals surface area contributed by atoms with Crippen molar-refractivity contribution in [1.29, 1.82) is 0 Å². The minimum absolute atomic E-state index is 0.0762. The van der Waals surface area contributed by atoms with Crippen molar-refractivity contribution >= 4 is 5.65 Å². The maximum Gasteiger partial charge on any atom is 0.350 e. The molecule has 154 valence electrons. The average molecular weight is 397 g/mol. The summed E-state index contributed by atoms with van der Waals surface area (Å²) in [5.74, 6) is 1.52. The molecule has 1 aliphatic heterocycles. The minimum Gasteiger partial charge on any atom is -0.493 e. The van der Waals surface area contributed by atoms with Crippen LogP contribution in [0.25, 0.3) is 5.65 Å². The Hall–Kier alpha value is -2.84. The summed E-state index contributed by atoms with van der Waals surface area (Å²) in [5.41, 5.74) is 1.83. The molecule has 3 aromatic rings. The summed E-state index contributed by atoms with van der Waals surface area (Å²) < 4.78 is 13.9. The number of benzene rings is 1. The number of nitrogens with zero attached hydrogens (tertiary/aromatic N) is 5. The number of methoxy groups -OCH3 is 2. The van der Waals surface area contributed by atoms with Gasteiger partial charge >= 0.3 is 5.69 Å². The van der Waals surface area contributed by atoms with E-state index in [0.717, 1.165) is 50.8 Å². The lowest BCUT2D eigenvalue weighted by Crippen LogP contribution is -2.47. The average Bonchev–Trinajstić information content (AvgIpc) is 3.09. The Morgan fingerprint density at radius 1 is 0.931 bits per heavy atom. The largest absolute Gasteiger partial charge is 0.493 e. The topological polar surface area (TPSA) is 64.2 Å². The van der Waals surface area contributed by atoms with Gasteiger partial charge in [-0.15, -0.1) is 5.10 Å². The Bertz CT molecular complexity index is 1020. The molecular weight excluding hydrogens is 370 g/mol. The van der Waals surface area contributed by atoms with E-state index in [0.29, 0.717) is 12.2 Å². The fraction of sp³-hybridized carbons (Fsp3) is 0.429. The number of rotatable bonds is 7. The smallest absolute Gasteiger partial charge is 0.350 e. The summed E-state index contributed by atoms with van der Waals surface area (Å²) in [6, 6.07) is 11.7. The van der Waals surface area contributed by atoms with Crippen molar-refractivity contribution in [2.24, 2.45) is 0 Å². The molecule has 29 heavy (non-hydrogen) atoms. The van der Waals surface area contributed by atoms with E-state index in [-0.39, 0.29) is 5.69 Å². The molecule has 4 rings (SSSR count). The fourth-order valence-corrected chi connectivity index (χ4v) is 3.76. The maximum absolute atomic E-state index is 12.4. The first-order valence-electron chi connectivity index (χ1n) is 9.88. The van der Waals surface area contributed by atoms with Gasteiger partial charge in [0.15, 0.2) is 17.1 Å². The van der Waals surface area contributed by atoms with Crippen LogP contribution >= 0.6 is 0 Å². The molecule has 0 amide bonds. The highest BCUT2D eigenvalue weighted by molar-refractivity contribution is 5.42.